The van der Waals surface area contributed by atoms with E-state index < -0.39 is 23.7 Å². The number of hydrogen-bond donors (Lipinski definition) is 1. The minimum atomic E-state index is -1.06. The first-order valence-electron chi connectivity index (χ1n) is 14.4. The van der Waals surface area contributed by atoms with Gasteiger partial charge in [0.25, 0.3) is 5.91 Å². The van der Waals surface area contributed by atoms with Crippen molar-refractivity contribution < 1.29 is 23.8 Å². The zero-order chi connectivity index (χ0) is 29.6. The molecular formula is C33H33Cl2FN2O4. The Hall–Kier alpha value is -3.13. The van der Waals surface area contributed by atoms with Gasteiger partial charge in [0.15, 0.2) is 0 Å². The Morgan fingerprint density at radius 3 is 2.36 bits per heavy atom. The first kappa shape index (κ1) is 29.0. The van der Waals surface area contributed by atoms with Crippen molar-refractivity contribution in [3.63, 3.8) is 0 Å². The lowest BCUT2D eigenvalue weighted by atomic mass is 9.79. The van der Waals surface area contributed by atoms with Crippen LogP contribution in [0.4, 0.5) is 4.39 Å². The molecule has 2 atom stereocenters. The van der Waals surface area contributed by atoms with Crippen LogP contribution in [0.15, 0.2) is 60.7 Å². The molecule has 0 radical (unpaired) electrons. The molecule has 6 nitrogen and oxygen atoms in total. The molecule has 1 unspecified atom stereocenters. The molecule has 2 heterocycles. The van der Waals surface area contributed by atoms with Crippen molar-refractivity contribution in [1.29, 1.82) is 0 Å². The number of carboxylic acids is 1. The van der Waals surface area contributed by atoms with Crippen LogP contribution in [0, 0.1) is 11.2 Å². The largest absolute Gasteiger partial charge is 0.493 e. The van der Waals surface area contributed by atoms with Crippen LogP contribution in [0.3, 0.4) is 0 Å². The number of amides is 1. The average molecular weight is 612 g/mol. The zero-order valence-corrected chi connectivity index (χ0v) is 24.9. The average Bonchev–Trinajstić information content (AvgIpc) is 3.65. The van der Waals surface area contributed by atoms with E-state index in [9.17, 15) is 14.7 Å². The summed E-state index contributed by atoms with van der Waals surface area (Å²) in [4.78, 5) is 28.5. The van der Waals surface area contributed by atoms with E-state index in [0.717, 1.165) is 42.6 Å². The van der Waals surface area contributed by atoms with Gasteiger partial charge in [-0.3, -0.25) is 9.69 Å². The molecule has 3 aromatic carbocycles. The van der Waals surface area contributed by atoms with Crippen LogP contribution in [0.1, 0.15) is 71.6 Å². The summed E-state index contributed by atoms with van der Waals surface area (Å²) in [5.41, 5.74) is 2.72. The third-order valence-electron chi connectivity index (χ3n) is 8.57. The Morgan fingerprint density at radius 2 is 1.71 bits per heavy atom. The molecule has 2 aliphatic heterocycles. The van der Waals surface area contributed by atoms with Crippen molar-refractivity contribution in [2.45, 2.75) is 50.6 Å². The lowest BCUT2D eigenvalue weighted by Crippen LogP contribution is -2.58. The third kappa shape index (κ3) is 5.87. The monoisotopic (exact) mass is 610 g/mol. The predicted octanol–water partition coefficient (Wildman–Crippen LogP) is 7.19. The van der Waals surface area contributed by atoms with Crippen LogP contribution in [0.5, 0.6) is 5.75 Å². The van der Waals surface area contributed by atoms with Gasteiger partial charge >= 0.3 is 5.97 Å². The van der Waals surface area contributed by atoms with Gasteiger partial charge in [0.05, 0.1) is 18.2 Å². The molecule has 42 heavy (non-hydrogen) atoms. The highest BCUT2D eigenvalue weighted by Gasteiger charge is 2.44. The molecule has 220 valence electrons. The molecule has 2 saturated heterocycles. The molecule has 3 aromatic rings. The van der Waals surface area contributed by atoms with Crippen molar-refractivity contribution in [2.24, 2.45) is 5.41 Å². The number of ether oxygens (including phenoxy) is 1. The van der Waals surface area contributed by atoms with Gasteiger partial charge in [-0.2, -0.15) is 0 Å². The fourth-order valence-corrected chi connectivity index (χ4v) is 6.98. The summed E-state index contributed by atoms with van der Waals surface area (Å²) >= 11 is 12.7. The maximum atomic E-state index is 15.4. The molecule has 0 bridgehead atoms. The van der Waals surface area contributed by atoms with Crippen LogP contribution in [0.25, 0.3) is 0 Å². The van der Waals surface area contributed by atoms with E-state index in [2.05, 4.69) is 24.0 Å². The van der Waals surface area contributed by atoms with Gasteiger partial charge in [-0.15, -0.1) is 0 Å². The molecule has 6 rings (SSSR count). The zero-order valence-electron chi connectivity index (χ0n) is 23.4. The fourth-order valence-electron chi connectivity index (χ4n) is 6.44. The Labute approximate surface area is 255 Å². The van der Waals surface area contributed by atoms with Crippen LogP contribution in [-0.4, -0.2) is 59.1 Å². The number of carbonyl (C=O) groups excluding carboxylic acids is 1. The minimum absolute atomic E-state index is 0.0274. The Morgan fingerprint density at radius 1 is 1.02 bits per heavy atom. The normalized spacial score (nSPS) is 20.7. The summed E-state index contributed by atoms with van der Waals surface area (Å²) in [7, 11) is 0. The van der Waals surface area contributed by atoms with Gasteiger partial charge in [0.1, 0.15) is 17.6 Å². The molecule has 0 aromatic heterocycles. The number of aliphatic carboxylic acids is 1. The lowest BCUT2D eigenvalue weighted by molar-refractivity contribution is -0.141. The number of hydrogen-bond acceptors (Lipinski definition) is 4. The highest BCUT2D eigenvalue weighted by molar-refractivity contribution is 6.34. The second-order valence-electron chi connectivity index (χ2n) is 12.2. The highest BCUT2D eigenvalue weighted by Crippen LogP contribution is 2.47. The summed E-state index contributed by atoms with van der Waals surface area (Å²) in [5, 5.41) is 10.7. The van der Waals surface area contributed by atoms with E-state index in [1.807, 2.05) is 30.3 Å². The van der Waals surface area contributed by atoms with Crippen LogP contribution < -0.4 is 4.74 Å². The Bertz CT molecular complexity index is 1490. The predicted molar refractivity (Wildman–Crippen MR) is 160 cm³/mol. The number of likely N-dealkylation sites (tertiary alicyclic amines) is 2. The number of carbonyl (C=O) groups is 2. The van der Waals surface area contributed by atoms with E-state index in [1.54, 1.807) is 12.1 Å². The van der Waals surface area contributed by atoms with E-state index in [1.165, 1.54) is 11.0 Å². The molecule has 1 saturated carbocycles. The van der Waals surface area contributed by atoms with Crippen molar-refractivity contribution in [1.82, 2.24) is 9.80 Å². The fraction of sp³-hybridized carbons (Fsp3) is 0.394. The highest BCUT2D eigenvalue weighted by atomic mass is 35.5. The Balaban J connectivity index is 1.18. The number of carboxylic acid groups (broad SMARTS) is 1. The van der Waals surface area contributed by atoms with Gasteiger partial charge in [-0.25, -0.2) is 9.18 Å². The quantitative estimate of drug-likeness (QED) is 0.278. The second-order valence-corrected chi connectivity index (χ2v) is 13.0. The van der Waals surface area contributed by atoms with Crippen molar-refractivity contribution >= 4 is 35.1 Å². The van der Waals surface area contributed by atoms with Crippen LogP contribution >= 0.6 is 23.2 Å². The summed E-state index contributed by atoms with van der Waals surface area (Å²) in [6, 6.07) is 17.8. The smallest absolute Gasteiger partial charge is 0.326 e. The number of nitrogens with zero attached hydrogens (tertiary/aromatic N) is 2. The second kappa shape index (κ2) is 11.5. The topological polar surface area (TPSA) is 70.1 Å². The van der Waals surface area contributed by atoms with Gasteiger partial charge in [0.2, 0.25) is 0 Å². The molecule has 3 fully saturated rings. The number of benzene rings is 3. The van der Waals surface area contributed by atoms with Crippen LogP contribution in [0.2, 0.25) is 10.0 Å². The maximum Gasteiger partial charge on any atom is 0.326 e. The maximum absolute atomic E-state index is 15.4. The SMILES string of the molecule is CC1(COc2cc(F)c(C(=O)N3CCC[C@H]3C(=O)O)cc2C2CC2)CN(C(c2ccccc2)c2cc(Cl)cc(Cl)c2)C1. The van der Waals surface area contributed by atoms with Gasteiger partial charge < -0.3 is 14.7 Å². The number of rotatable bonds is 9. The van der Waals surface area contributed by atoms with E-state index in [0.29, 0.717) is 41.8 Å². The molecule has 1 aliphatic carbocycles. The minimum Gasteiger partial charge on any atom is -0.493 e. The van der Waals surface area contributed by atoms with Gasteiger partial charge in [0, 0.05) is 41.2 Å². The summed E-state index contributed by atoms with van der Waals surface area (Å²) in [5.74, 6) is -1.64. The van der Waals surface area contributed by atoms with Crippen LogP contribution in [-0.2, 0) is 4.79 Å². The lowest BCUT2D eigenvalue weighted by Gasteiger charge is -2.51. The van der Waals surface area contributed by atoms with E-state index >= 15 is 4.39 Å². The first-order valence-corrected chi connectivity index (χ1v) is 15.1. The molecule has 1 amide bonds. The number of halogens is 3. The standard InChI is InChI=1S/C33H33Cl2FN2O4/c1-33(17-37(18-33)30(21-6-3-2-4-7-21)22-12-23(34)14-24(35)13-22)19-42-29-16-27(36)26(15-25(29)20-9-10-20)31(39)38-11-5-8-28(38)32(40)41/h2-4,6-7,12-16,20,28,30H,5,8-11,17-19H2,1H3,(H,40,41)/t28-,30?/m0/s1. The van der Waals surface area contributed by atoms with Crippen molar-refractivity contribution in [2.75, 3.05) is 26.2 Å². The summed E-state index contributed by atoms with van der Waals surface area (Å²) in [6.45, 7) is 4.36. The summed E-state index contributed by atoms with van der Waals surface area (Å²) < 4.78 is 21.7. The van der Waals surface area contributed by atoms with E-state index in [-0.39, 0.29) is 22.9 Å². The Kier molecular flexibility index (Phi) is 7.94. The molecule has 9 heteroatoms. The van der Waals surface area contributed by atoms with Crippen molar-refractivity contribution in [3.05, 3.63) is 98.8 Å². The first-order chi connectivity index (χ1) is 20.1. The molecule has 1 N–H and O–H groups in total. The van der Waals surface area contributed by atoms with E-state index in [4.69, 9.17) is 27.9 Å². The van der Waals surface area contributed by atoms with Gasteiger partial charge in [-0.05, 0) is 72.6 Å². The van der Waals surface area contributed by atoms with Crippen molar-refractivity contribution in [3.8, 4) is 5.75 Å². The van der Waals surface area contributed by atoms with Gasteiger partial charge in [-0.1, -0.05) is 60.5 Å². The molecule has 3 aliphatic rings. The molecule has 0 spiro atoms. The summed E-state index contributed by atoms with van der Waals surface area (Å²) in [6.07, 6.45) is 2.86. The molecular weight excluding hydrogens is 578 g/mol. The third-order valence-corrected chi connectivity index (χ3v) is 9.01.